The van der Waals surface area contributed by atoms with Gasteiger partial charge in [-0.2, -0.15) is 0 Å². The number of hydrogen-bond acceptors (Lipinski definition) is 3. The Balaban J connectivity index is 2.18. The van der Waals surface area contributed by atoms with Crippen LogP contribution in [0.25, 0.3) is 0 Å². The average molecular weight is 300 g/mol. The van der Waals surface area contributed by atoms with Crippen LogP contribution in [-0.2, 0) is 9.53 Å². The van der Waals surface area contributed by atoms with E-state index in [1.165, 1.54) is 0 Å². The van der Waals surface area contributed by atoms with Crippen molar-refractivity contribution in [3.8, 4) is 0 Å². The standard InChI is InChI=1S/C15H28N2O4/c1-3-11(7-8-14(18)19)9-10-16-15(20)17-12-5-4-6-13(12)21-2/h11-13H,3-10H2,1-2H3,(H,18,19)(H2,16,17,20). The number of methoxy groups -OCH3 is 1. The van der Waals surface area contributed by atoms with Crippen LogP contribution in [0, 0.1) is 5.92 Å². The molecule has 6 heteroatoms. The van der Waals surface area contributed by atoms with Crippen molar-refractivity contribution in [1.29, 1.82) is 0 Å². The first-order chi connectivity index (χ1) is 10.1. The summed E-state index contributed by atoms with van der Waals surface area (Å²) in [4.78, 5) is 22.4. The highest BCUT2D eigenvalue weighted by Gasteiger charge is 2.28. The highest BCUT2D eigenvalue weighted by molar-refractivity contribution is 5.74. The van der Waals surface area contributed by atoms with Gasteiger partial charge in [0.2, 0.25) is 0 Å². The topological polar surface area (TPSA) is 87.7 Å². The molecule has 0 heterocycles. The van der Waals surface area contributed by atoms with Gasteiger partial charge in [0.1, 0.15) is 0 Å². The second kappa shape index (κ2) is 9.60. The normalized spacial score (nSPS) is 22.8. The minimum atomic E-state index is -0.758. The Bertz CT molecular complexity index is 336. The van der Waals surface area contributed by atoms with E-state index in [2.05, 4.69) is 10.6 Å². The van der Waals surface area contributed by atoms with Crippen LogP contribution in [-0.4, -0.2) is 42.9 Å². The van der Waals surface area contributed by atoms with Crippen LogP contribution >= 0.6 is 0 Å². The molecule has 3 N–H and O–H groups in total. The molecule has 3 unspecified atom stereocenters. The van der Waals surface area contributed by atoms with Crippen molar-refractivity contribution < 1.29 is 19.4 Å². The van der Waals surface area contributed by atoms with Gasteiger partial charge < -0.3 is 20.5 Å². The predicted octanol–water partition coefficient (Wildman–Crippen LogP) is 2.13. The predicted molar refractivity (Wildman–Crippen MR) is 80.2 cm³/mol. The molecular weight excluding hydrogens is 272 g/mol. The number of aliphatic carboxylic acids is 1. The second-order valence-corrected chi connectivity index (χ2v) is 5.71. The van der Waals surface area contributed by atoms with Crippen LogP contribution in [0.1, 0.15) is 51.9 Å². The van der Waals surface area contributed by atoms with Crippen LogP contribution < -0.4 is 10.6 Å². The van der Waals surface area contributed by atoms with E-state index in [-0.39, 0.29) is 24.6 Å². The number of carbonyl (C=O) groups excluding carboxylic acids is 1. The smallest absolute Gasteiger partial charge is 0.315 e. The number of ether oxygens (including phenoxy) is 1. The van der Waals surface area contributed by atoms with Crippen LogP contribution in [0.3, 0.4) is 0 Å². The lowest BCUT2D eigenvalue weighted by molar-refractivity contribution is -0.137. The van der Waals surface area contributed by atoms with E-state index < -0.39 is 5.97 Å². The Kier molecular flexibility index (Phi) is 8.12. The molecule has 0 radical (unpaired) electrons. The molecule has 21 heavy (non-hydrogen) atoms. The molecule has 1 aliphatic rings. The summed E-state index contributed by atoms with van der Waals surface area (Å²) in [6.45, 7) is 2.63. The second-order valence-electron chi connectivity index (χ2n) is 5.71. The molecule has 3 atom stereocenters. The summed E-state index contributed by atoms with van der Waals surface area (Å²) in [5.74, 6) is -0.411. The lowest BCUT2D eigenvalue weighted by atomic mass is 9.97. The Hall–Kier alpha value is -1.30. The highest BCUT2D eigenvalue weighted by Crippen LogP contribution is 2.21. The first-order valence-corrected chi connectivity index (χ1v) is 7.85. The fraction of sp³-hybridized carbons (Fsp3) is 0.867. The zero-order valence-electron chi connectivity index (χ0n) is 13.1. The van der Waals surface area contributed by atoms with Gasteiger partial charge >= 0.3 is 12.0 Å². The zero-order chi connectivity index (χ0) is 15.7. The van der Waals surface area contributed by atoms with Gasteiger partial charge in [0, 0.05) is 20.1 Å². The number of nitrogens with one attached hydrogen (secondary N) is 2. The minimum Gasteiger partial charge on any atom is -0.481 e. The quantitative estimate of drug-likeness (QED) is 0.609. The van der Waals surface area contributed by atoms with Crippen LogP contribution in [0.5, 0.6) is 0 Å². The largest absolute Gasteiger partial charge is 0.481 e. The number of amides is 2. The summed E-state index contributed by atoms with van der Waals surface area (Å²) >= 11 is 0. The van der Waals surface area contributed by atoms with Gasteiger partial charge in [-0.05, 0) is 38.0 Å². The third-order valence-electron chi connectivity index (χ3n) is 4.25. The van der Waals surface area contributed by atoms with Gasteiger partial charge in [0.25, 0.3) is 0 Å². The number of urea groups is 1. The van der Waals surface area contributed by atoms with Crippen molar-refractivity contribution in [1.82, 2.24) is 10.6 Å². The summed E-state index contributed by atoms with van der Waals surface area (Å²) < 4.78 is 5.34. The molecule has 1 fully saturated rings. The summed E-state index contributed by atoms with van der Waals surface area (Å²) in [5.41, 5.74) is 0. The molecule has 1 saturated carbocycles. The summed E-state index contributed by atoms with van der Waals surface area (Å²) in [7, 11) is 1.68. The summed E-state index contributed by atoms with van der Waals surface area (Å²) in [6, 6.07) is -0.0546. The number of hydrogen-bond donors (Lipinski definition) is 3. The van der Waals surface area contributed by atoms with E-state index in [1.54, 1.807) is 7.11 Å². The van der Waals surface area contributed by atoms with Gasteiger partial charge in [-0.15, -0.1) is 0 Å². The van der Waals surface area contributed by atoms with Crippen LogP contribution in [0.15, 0.2) is 0 Å². The van der Waals surface area contributed by atoms with Gasteiger partial charge in [-0.25, -0.2) is 4.79 Å². The van der Waals surface area contributed by atoms with Gasteiger partial charge in [0.05, 0.1) is 12.1 Å². The van der Waals surface area contributed by atoms with E-state index in [1.807, 2.05) is 6.92 Å². The third kappa shape index (κ3) is 6.80. The van der Waals surface area contributed by atoms with Crippen molar-refractivity contribution in [3.05, 3.63) is 0 Å². The first kappa shape index (κ1) is 17.8. The van der Waals surface area contributed by atoms with Crippen molar-refractivity contribution in [3.63, 3.8) is 0 Å². The van der Waals surface area contributed by atoms with Crippen molar-refractivity contribution in [2.24, 2.45) is 5.92 Å². The fourth-order valence-electron chi connectivity index (χ4n) is 2.86. The van der Waals surface area contributed by atoms with E-state index in [0.717, 1.165) is 32.1 Å². The average Bonchev–Trinajstić information content (AvgIpc) is 2.89. The Morgan fingerprint density at radius 2 is 2.10 bits per heavy atom. The summed E-state index contributed by atoms with van der Waals surface area (Å²) in [5, 5.41) is 14.5. The third-order valence-corrected chi connectivity index (χ3v) is 4.25. The molecule has 0 spiro atoms. The molecule has 1 aliphatic carbocycles. The zero-order valence-corrected chi connectivity index (χ0v) is 13.1. The molecule has 0 aromatic carbocycles. The number of carboxylic acids is 1. The Morgan fingerprint density at radius 3 is 2.71 bits per heavy atom. The van der Waals surface area contributed by atoms with Crippen molar-refractivity contribution in [2.45, 2.75) is 64.0 Å². The molecule has 0 aliphatic heterocycles. The highest BCUT2D eigenvalue weighted by atomic mass is 16.5. The van der Waals surface area contributed by atoms with Crippen LogP contribution in [0.2, 0.25) is 0 Å². The lowest BCUT2D eigenvalue weighted by Crippen LogP contribution is -2.46. The van der Waals surface area contributed by atoms with Crippen LogP contribution in [0.4, 0.5) is 4.79 Å². The van der Waals surface area contributed by atoms with E-state index >= 15 is 0 Å². The number of carboxylic acid groups (broad SMARTS) is 1. The van der Waals surface area contributed by atoms with E-state index in [4.69, 9.17) is 9.84 Å². The summed E-state index contributed by atoms with van der Waals surface area (Å²) in [6.07, 6.45) is 5.77. The fourth-order valence-corrected chi connectivity index (χ4v) is 2.86. The first-order valence-electron chi connectivity index (χ1n) is 7.85. The molecule has 6 nitrogen and oxygen atoms in total. The van der Waals surface area contributed by atoms with E-state index in [9.17, 15) is 9.59 Å². The Labute approximate surface area is 126 Å². The molecule has 1 rings (SSSR count). The van der Waals surface area contributed by atoms with Gasteiger partial charge in [-0.1, -0.05) is 13.3 Å². The molecule has 0 aromatic rings. The Morgan fingerprint density at radius 1 is 1.33 bits per heavy atom. The number of carbonyl (C=O) groups is 2. The molecule has 0 bridgehead atoms. The monoisotopic (exact) mass is 300 g/mol. The molecule has 122 valence electrons. The maximum Gasteiger partial charge on any atom is 0.315 e. The molecule has 0 saturated heterocycles. The molecule has 0 aromatic heterocycles. The minimum absolute atomic E-state index is 0.101. The maximum absolute atomic E-state index is 11.8. The van der Waals surface area contributed by atoms with Gasteiger partial charge in [0.15, 0.2) is 0 Å². The van der Waals surface area contributed by atoms with Gasteiger partial charge in [-0.3, -0.25) is 4.79 Å². The van der Waals surface area contributed by atoms with Crippen molar-refractivity contribution >= 4 is 12.0 Å². The number of rotatable bonds is 9. The SMILES string of the molecule is CCC(CCNC(=O)NC1CCCC1OC)CCC(=O)O. The lowest BCUT2D eigenvalue weighted by Gasteiger charge is -2.20. The maximum atomic E-state index is 11.8. The molecule has 2 amide bonds. The molecular formula is C15H28N2O4. The van der Waals surface area contributed by atoms with E-state index in [0.29, 0.717) is 18.9 Å². The van der Waals surface area contributed by atoms with Crippen molar-refractivity contribution in [2.75, 3.05) is 13.7 Å².